The largest absolute Gasteiger partial charge is 0.340 e. The monoisotopic (exact) mass is 327 g/mol. The molecule has 0 radical (unpaired) electrons. The van der Waals surface area contributed by atoms with Crippen molar-refractivity contribution in [3.05, 3.63) is 63.9 Å². The van der Waals surface area contributed by atoms with Crippen molar-refractivity contribution in [1.82, 2.24) is 9.97 Å². The van der Waals surface area contributed by atoms with Crippen LogP contribution in [0.2, 0.25) is 10.0 Å². The molecule has 3 nitrogen and oxygen atoms in total. The molecule has 3 rings (SSSR count). The Kier molecular flexibility index (Phi) is 4.55. The van der Waals surface area contributed by atoms with Crippen molar-refractivity contribution in [3.63, 3.8) is 0 Å². The van der Waals surface area contributed by atoms with Gasteiger partial charge in [0.1, 0.15) is 5.82 Å². The number of aromatic nitrogens is 2. The van der Waals surface area contributed by atoms with Gasteiger partial charge in [0.2, 0.25) is 0 Å². The highest BCUT2D eigenvalue weighted by Gasteiger charge is 2.19. The molecule has 3 aromatic rings. The van der Waals surface area contributed by atoms with Gasteiger partial charge in [0.15, 0.2) is 0 Å². The van der Waals surface area contributed by atoms with Crippen LogP contribution in [0.15, 0.2) is 42.5 Å². The number of imidazole rings is 1. The summed E-state index contributed by atoms with van der Waals surface area (Å²) in [5.74, 6) is 0.649. The molecule has 0 amide bonds. The van der Waals surface area contributed by atoms with E-state index >= 15 is 0 Å². The Morgan fingerprint density at radius 2 is 1.65 bits per heavy atom. The SMILES string of the molecule is Cl.NC(c1nc2ccccc2[nH]1)c1c(Cl)cccc1Cl. The molecule has 0 fully saturated rings. The fraction of sp³-hybridized carbons (Fsp3) is 0.0714. The smallest absolute Gasteiger partial charge is 0.128 e. The zero-order valence-corrected chi connectivity index (χ0v) is 12.6. The standard InChI is InChI=1S/C14H11Cl2N3.ClH/c15-8-4-3-5-9(16)12(8)13(17)14-18-10-6-1-2-7-11(10)19-14;/h1-7,13H,17H2,(H,18,19);1H. The van der Waals surface area contributed by atoms with E-state index in [-0.39, 0.29) is 12.4 Å². The van der Waals surface area contributed by atoms with Crippen LogP contribution in [0, 0.1) is 0 Å². The second-order valence-electron chi connectivity index (χ2n) is 4.25. The molecule has 0 aliphatic heterocycles. The summed E-state index contributed by atoms with van der Waals surface area (Å²) in [5, 5.41) is 1.08. The average molecular weight is 329 g/mol. The van der Waals surface area contributed by atoms with Crippen molar-refractivity contribution >= 4 is 46.6 Å². The zero-order chi connectivity index (χ0) is 13.4. The van der Waals surface area contributed by atoms with Gasteiger partial charge in [-0.1, -0.05) is 41.4 Å². The van der Waals surface area contributed by atoms with Crippen LogP contribution < -0.4 is 5.73 Å². The number of rotatable bonds is 2. The molecular formula is C14H12Cl3N3. The topological polar surface area (TPSA) is 54.7 Å². The first-order valence-electron chi connectivity index (χ1n) is 5.81. The van der Waals surface area contributed by atoms with Crippen LogP contribution in [0.1, 0.15) is 17.4 Å². The molecular weight excluding hydrogens is 317 g/mol. The molecule has 2 aromatic carbocycles. The van der Waals surface area contributed by atoms with Gasteiger partial charge in [-0.25, -0.2) is 4.98 Å². The van der Waals surface area contributed by atoms with E-state index < -0.39 is 6.04 Å². The van der Waals surface area contributed by atoms with Crippen LogP contribution in [0.25, 0.3) is 11.0 Å². The molecule has 1 unspecified atom stereocenters. The summed E-state index contributed by atoms with van der Waals surface area (Å²) in [6.07, 6.45) is 0. The fourth-order valence-electron chi connectivity index (χ4n) is 2.06. The summed E-state index contributed by atoms with van der Waals surface area (Å²) in [6.45, 7) is 0. The molecule has 0 aliphatic rings. The highest BCUT2D eigenvalue weighted by molar-refractivity contribution is 6.36. The third-order valence-electron chi connectivity index (χ3n) is 3.01. The average Bonchev–Trinajstić information content (AvgIpc) is 2.82. The quantitative estimate of drug-likeness (QED) is 0.735. The molecule has 104 valence electrons. The molecule has 20 heavy (non-hydrogen) atoms. The number of nitrogens with two attached hydrogens (primary N) is 1. The van der Waals surface area contributed by atoms with Crippen molar-refractivity contribution in [1.29, 1.82) is 0 Å². The Morgan fingerprint density at radius 1 is 1.00 bits per heavy atom. The van der Waals surface area contributed by atoms with Gasteiger partial charge >= 0.3 is 0 Å². The Hall–Kier alpha value is -1.26. The van der Waals surface area contributed by atoms with E-state index in [1.165, 1.54) is 0 Å². The van der Waals surface area contributed by atoms with E-state index in [2.05, 4.69) is 9.97 Å². The van der Waals surface area contributed by atoms with Crippen molar-refractivity contribution < 1.29 is 0 Å². The lowest BCUT2D eigenvalue weighted by Gasteiger charge is -2.12. The number of para-hydroxylation sites is 2. The molecule has 6 heteroatoms. The lowest BCUT2D eigenvalue weighted by molar-refractivity contribution is 0.806. The number of H-pyrrole nitrogens is 1. The molecule has 3 N–H and O–H groups in total. The molecule has 0 saturated carbocycles. The number of hydrogen-bond donors (Lipinski definition) is 2. The zero-order valence-electron chi connectivity index (χ0n) is 10.3. The summed E-state index contributed by atoms with van der Waals surface area (Å²) in [6, 6.07) is 12.6. The minimum atomic E-state index is -0.478. The minimum absolute atomic E-state index is 0. The third-order valence-corrected chi connectivity index (χ3v) is 3.67. The van der Waals surface area contributed by atoms with Gasteiger partial charge in [-0.15, -0.1) is 12.4 Å². The molecule has 0 bridgehead atoms. The van der Waals surface area contributed by atoms with Gasteiger partial charge in [-0.3, -0.25) is 0 Å². The van der Waals surface area contributed by atoms with Crippen molar-refractivity contribution in [2.24, 2.45) is 5.73 Å². The maximum absolute atomic E-state index is 6.22. The number of aromatic amines is 1. The minimum Gasteiger partial charge on any atom is -0.340 e. The fourth-order valence-corrected chi connectivity index (χ4v) is 2.70. The molecule has 1 aromatic heterocycles. The predicted molar refractivity (Wildman–Crippen MR) is 85.8 cm³/mol. The van der Waals surface area contributed by atoms with E-state index in [1.807, 2.05) is 24.3 Å². The summed E-state index contributed by atoms with van der Waals surface area (Å²) in [4.78, 5) is 7.67. The summed E-state index contributed by atoms with van der Waals surface area (Å²) >= 11 is 12.3. The van der Waals surface area contributed by atoms with Gasteiger partial charge in [-0.2, -0.15) is 0 Å². The summed E-state index contributed by atoms with van der Waals surface area (Å²) in [5.41, 5.74) is 8.72. The Labute approximate surface area is 132 Å². The number of benzene rings is 2. The van der Waals surface area contributed by atoms with Gasteiger partial charge in [0.05, 0.1) is 17.1 Å². The first-order chi connectivity index (χ1) is 9.16. The molecule has 0 saturated heterocycles. The Morgan fingerprint density at radius 3 is 2.30 bits per heavy atom. The van der Waals surface area contributed by atoms with E-state index in [4.69, 9.17) is 28.9 Å². The Bertz CT molecular complexity index is 686. The lowest BCUT2D eigenvalue weighted by Crippen LogP contribution is -2.14. The summed E-state index contributed by atoms with van der Waals surface area (Å²) in [7, 11) is 0. The molecule has 0 spiro atoms. The second kappa shape index (κ2) is 6.02. The van der Waals surface area contributed by atoms with Crippen molar-refractivity contribution in [2.45, 2.75) is 6.04 Å². The normalized spacial score (nSPS) is 12.2. The first kappa shape index (κ1) is 15.1. The van der Waals surface area contributed by atoms with Crippen LogP contribution in [0.3, 0.4) is 0 Å². The highest BCUT2D eigenvalue weighted by Crippen LogP contribution is 2.32. The van der Waals surface area contributed by atoms with E-state index in [1.54, 1.807) is 18.2 Å². The van der Waals surface area contributed by atoms with Gasteiger partial charge in [-0.05, 0) is 24.3 Å². The molecule has 1 heterocycles. The van der Waals surface area contributed by atoms with Crippen molar-refractivity contribution in [3.8, 4) is 0 Å². The number of halogens is 3. The molecule has 1 atom stereocenters. The molecule has 0 aliphatic carbocycles. The van der Waals surface area contributed by atoms with Gasteiger partial charge < -0.3 is 10.7 Å². The maximum atomic E-state index is 6.22. The predicted octanol–water partition coefficient (Wildman–Crippen LogP) is 4.34. The number of nitrogens with zero attached hydrogens (tertiary/aromatic N) is 1. The van der Waals surface area contributed by atoms with E-state index in [0.29, 0.717) is 21.4 Å². The first-order valence-corrected chi connectivity index (χ1v) is 6.56. The second-order valence-corrected chi connectivity index (χ2v) is 5.07. The third kappa shape index (κ3) is 2.63. The van der Waals surface area contributed by atoms with Crippen molar-refractivity contribution in [2.75, 3.05) is 0 Å². The number of hydrogen-bond acceptors (Lipinski definition) is 2. The highest BCUT2D eigenvalue weighted by atomic mass is 35.5. The maximum Gasteiger partial charge on any atom is 0.128 e. The van der Waals surface area contributed by atoms with Crippen LogP contribution >= 0.6 is 35.6 Å². The van der Waals surface area contributed by atoms with E-state index in [9.17, 15) is 0 Å². The van der Waals surface area contributed by atoms with Crippen LogP contribution in [-0.4, -0.2) is 9.97 Å². The van der Waals surface area contributed by atoms with Gasteiger partial charge in [0, 0.05) is 15.6 Å². The van der Waals surface area contributed by atoms with Crippen LogP contribution in [-0.2, 0) is 0 Å². The number of nitrogens with one attached hydrogen (secondary N) is 1. The number of fused-ring (bicyclic) bond motifs is 1. The van der Waals surface area contributed by atoms with E-state index in [0.717, 1.165) is 11.0 Å². The lowest BCUT2D eigenvalue weighted by atomic mass is 10.1. The Balaban J connectivity index is 0.00000147. The van der Waals surface area contributed by atoms with Crippen LogP contribution in [0.5, 0.6) is 0 Å². The summed E-state index contributed by atoms with van der Waals surface area (Å²) < 4.78 is 0. The van der Waals surface area contributed by atoms with Crippen LogP contribution in [0.4, 0.5) is 0 Å². The van der Waals surface area contributed by atoms with Gasteiger partial charge in [0.25, 0.3) is 0 Å².